The van der Waals surface area contributed by atoms with E-state index >= 15 is 0 Å². The minimum Gasteiger partial charge on any atom is -0.469 e. The summed E-state index contributed by atoms with van der Waals surface area (Å²) in [7, 11) is -0.314. The lowest BCUT2D eigenvalue weighted by atomic mass is 9.99. The number of benzene rings is 2. The SMILES string of the molecule is CCCCCC(CP(=O)(OC)C(C)NC(c1ccccc1)c1ccccc1)C(=O)OC. The van der Waals surface area contributed by atoms with Crippen LogP contribution in [0.2, 0.25) is 0 Å². The van der Waals surface area contributed by atoms with Gasteiger partial charge in [0.15, 0.2) is 0 Å². The Morgan fingerprint density at radius 3 is 1.97 bits per heavy atom. The van der Waals surface area contributed by atoms with Crippen LogP contribution in [0.15, 0.2) is 60.7 Å². The van der Waals surface area contributed by atoms with E-state index in [9.17, 15) is 9.36 Å². The maximum Gasteiger partial charge on any atom is 0.309 e. The highest BCUT2D eigenvalue weighted by molar-refractivity contribution is 7.59. The summed E-state index contributed by atoms with van der Waals surface area (Å²) < 4.78 is 24.4. The zero-order valence-electron chi connectivity index (χ0n) is 19.1. The van der Waals surface area contributed by atoms with E-state index in [0.717, 1.165) is 30.4 Å². The number of methoxy groups -OCH3 is 1. The second-order valence-electron chi connectivity index (χ2n) is 7.90. The van der Waals surface area contributed by atoms with Crippen LogP contribution in [0.3, 0.4) is 0 Å². The van der Waals surface area contributed by atoms with Crippen molar-refractivity contribution in [1.82, 2.24) is 5.32 Å². The molecule has 2 rings (SSSR count). The lowest BCUT2D eigenvalue weighted by Crippen LogP contribution is -2.34. The summed E-state index contributed by atoms with van der Waals surface area (Å²) >= 11 is 0. The summed E-state index contributed by atoms with van der Waals surface area (Å²) in [6.07, 6.45) is 3.82. The summed E-state index contributed by atoms with van der Waals surface area (Å²) in [4.78, 5) is 12.4. The van der Waals surface area contributed by atoms with Gasteiger partial charge in [-0.25, -0.2) is 0 Å². The Morgan fingerprint density at radius 2 is 1.52 bits per heavy atom. The first-order chi connectivity index (χ1) is 14.9. The number of carbonyl (C=O) groups is 1. The number of rotatable bonds is 13. The molecule has 0 aromatic heterocycles. The predicted molar refractivity (Wildman–Crippen MR) is 126 cm³/mol. The molecular weight excluding hydrogens is 409 g/mol. The molecule has 31 heavy (non-hydrogen) atoms. The number of carbonyl (C=O) groups excluding carboxylic acids is 1. The molecule has 0 aliphatic carbocycles. The van der Waals surface area contributed by atoms with Gasteiger partial charge in [-0.05, 0) is 24.5 Å². The van der Waals surface area contributed by atoms with Crippen LogP contribution in [0, 0.1) is 5.92 Å². The fraction of sp³-hybridized carbons (Fsp3) is 0.480. The van der Waals surface area contributed by atoms with Crippen LogP contribution in [0.1, 0.15) is 56.7 Å². The Kier molecular flexibility index (Phi) is 10.5. The van der Waals surface area contributed by atoms with Gasteiger partial charge in [0, 0.05) is 13.3 Å². The van der Waals surface area contributed by atoms with Crippen molar-refractivity contribution in [3.8, 4) is 0 Å². The molecule has 0 saturated carbocycles. The van der Waals surface area contributed by atoms with Crippen LogP contribution < -0.4 is 5.32 Å². The zero-order valence-corrected chi connectivity index (χ0v) is 20.0. The Balaban J connectivity index is 2.25. The van der Waals surface area contributed by atoms with E-state index in [1.165, 1.54) is 14.2 Å². The van der Waals surface area contributed by atoms with Gasteiger partial charge < -0.3 is 9.26 Å². The second-order valence-corrected chi connectivity index (χ2v) is 10.9. The molecular formula is C25H36NO4P. The van der Waals surface area contributed by atoms with Crippen LogP contribution >= 0.6 is 7.37 Å². The molecule has 0 fully saturated rings. The third-order valence-corrected chi connectivity index (χ3v) is 8.64. The summed E-state index contributed by atoms with van der Waals surface area (Å²) in [5.41, 5.74) is 2.16. The topological polar surface area (TPSA) is 64.6 Å². The number of esters is 1. The molecule has 0 bridgehead atoms. The van der Waals surface area contributed by atoms with Crippen molar-refractivity contribution in [2.75, 3.05) is 20.4 Å². The molecule has 1 N–H and O–H groups in total. The second kappa shape index (κ2) is 12.8. The van der Waals surface area contributed by atoms with Crippen LogP contribution in [-0.4, -0.2) is 32.1 Å². The van der Waals surface area contributed by atoms with Crippen molar-refractivity contribution in [3.63, 3.8) is 0 Å². The third kappa shape index (κ3) is 7.31. The lowest BCUT2D eigenvalue weighted by molar-refractivity contribution is -0.145. The van der Waals surface area contributed by atoms with Crippen molar-refractivity contribution < 1.29 is 18.6 Å². The molecule has 0 spiro atoms. The molecule has 5 nitrogen and oxygen atoms in total. The van der Waals surface area contributed by atoms with Crippen molar-refractivity contribution in [2.45, 2.75) is 51.4 Å². The highest BCUT2D eigenvalue weighted by Crippen LogP contribution is 2.53. The highest BCUT2D eigenvalue weighted by Gasteiger charge is 2.37. The Bertz CT molecular complexity index is 788. The molecule has 0 heterocycles. The summed E-state index contributed by atoms with van der Waals surface area (Å²) in [6, 6.07) is 20.0. The molecule has 170 valence electrons. The van der Waals surface area contributed by atoms with Gasteiger partial charge in [0.1, 0.15) is 0 Å². The molecule has 0 aliphatic rings. The van der Waals surface area contributed by atoms with Gasteiger partial charge in [0.2, 0.25) is 7.37 Å². The minimum atomic E-state index is -3.17. The summed E-state index contributed by atoms with van der Waals surface area (Å²) in [5.74, 6) is -1.19. The maximum absolute atomic E-state index is 13.9. The van der Waals surface area contributed by atoms with Gasteiger partial charge >= 0.3 is 5.97 Å². The number of unbranched alkanes of at least 4 members (excludes halogenated alkanes) is 2. The van der Waals surface area contributed by atoms with E-state index in [4.69, 9.17) is 9.26 Å². The summed E-state index contributed by atoms with van der Waals surface area (Å²) in [5, 5.41) is 3.53. The normalized spacial score (nSPS) is 15.3. The number of nitrogens with one attached hydrogen (secondary N) is 1. The van der Waals surface area contributed by atoms with E-state index < -0.39 is 19.1 Å². The standard InChI is InChI=1S/C25H36NO4P/c1-5-6-9-18-23(25(27)29-3)19-31(28,30-4)20(2)26-24(21-14-10-7-11-15-21)22-16-12-8-13-17-22/h7-8,10-17,20,23-24,26H,5-6,9,18-19H2,1-4H3. The Labute approximate surface area is 187 Å². The molecule has 6 heteroatoms. The number of hydrogen-bond donors (Lipinski definition) is 1. The average Bonchev–Trinajstić information content (AvgIpc) is 2.82. The molecule has 0 radical (unpaired) electrons. The molecule has 2 aromatic carbocycles. The first-order valence-electron chi connectivity index (χ1n) is 11.0. The van der Waals surface area contributed by atoms with Crippen LogP contribution in [0.5, 0.6) is 0 Å². The molecule has 0 saturated heterocycles. The summed E-state index contributed by atoms with van der Waals surface area (Å²) in [6.45, 7) is 4.00. The molecule has 0 amide bonds. The van der Waals surface area contributed by atoms with Gasteiger partial charge in [0.25, 0.3) is 0 Å². The van der Waals surface area contributed by atoms with Crippen molar-refractivity contribution in [3.05, 3.63) is 71.8 Å². The van der Waals surface area contributed by atoms with E-state index in [2.05, 4.69) is 36.5 Å². The third-order valence-electron chi connectivity index (χ3n) is 5.74. The van der Waals surface area contributed by atoms with Crippen molar-refractivity contribution >= 4 is 13.3 Å². The Morgan fingerprint density at radius 1 is 0.968 bits per heavy atom. The minimum absolute atomic E-state index is 0.141. The van der Waals surface area contributed by atoms with Crippen LogP contribution in [0.4, 0.5) is 0 Å². The number of ether oxygens (including phenoxy) is 1. The zero-order chi connectivity index (χ0) is 22.7. The van der Waals surface area contributed by atoms with Gasteiger partial charge in [0.05, 0.1) is 24.9 Å². The van der Waals surface area contributed by atoms with Gasteiger partial charge in [-0.15, -0.1) is 0 Å². The number of hydrogen-bond acceptors (Lipinski definition) is 5. The fourth-order valence-corrected chi connectivity index (χ4v) is 5.92. The van der Waals surface area contributed by atoms with E-state index in [1.807, 2.05) is 43.3 Å². The maximum atomic E-state index is 13.9. The molecule has 3 atom stereocenters. The smallest absolute Gasteiger partial charge is 0.309 e. The Hall–Kier alpha value is -1.94. The monoisotopic (exact) mass is 445 g/mol. The molecule has 2 aromatic rings. The highest BCUT2D eigenvalue weighted by atomic mass is 31.2. The molecule has 0 aliphatic heterocycles. The molecule has 3 unspecified atom stereocenters. The van der Waals surface area contributed by atoms with Gasteiger partial charge in [-0.1, -0.05) is 86.8 Å². The predicted octanol–water partition coefficient (Wildman–Crippen LogP) is 6.01. The average molecular weight is 446 g/mol. The fourth-order valence-electron chi connectivity index (χ4n) is 3.82. The van der Waals surface area contributed by atoms with Crippen molar-refractivity contribution in [2.24, 2.45) is 5.92 Å². The quantitative estimate of drug-likeness (QED) is 0.233. The van der Waals surface area contributed by atoms with E-state index in [0.29, 0.717) is 6.42 Å². The van der Waals surface area contributed by atoms with Crippen LogP contribution in [-0.2, 0) is 18.6 Å². The van der Waals surface area contributed by atoms with E-state index in [1.54, 1.807) is 0 Å². The van der Waals surface area contributed by atoms with E-state index in [-0.39, 0.29) is 18.2 Å². The van der Waals surface area contributed by atoms with Crippen LogP contribution in [0.25, 0.3) is 0 Å². The lowest BCUT2D eigenvalue weighted by Gasteiger charge is -2.31. The first kappa shape index (κ1) is 25.3. The first-order valence-corrected chi connectivity index (χ1v) is 12.9. The van der Waals surface area contributed by atoms with Gasteiger partial charge in [-0.2, -0.15) is 0 Å². The van der Waals surface area contributed by atoms with Gasteiger partial charge in [-0.3, -0.25) is 14.7 Å². The van der Waals surface area contributed by atoms with Crippen molar-refractivity contribution in [1.29, 1.82) is 0 Å². The largest absolute Gasteiger partial charge is 0.469 e.